The molecule has 1 N–H and O–H groups in total. The molecule has 152 valence electrons. The highest BCUT2D eigenvalue weighted by Crippen LogP contribution is 2.35. The van der Waals surface area contributed by atoms with Crippen molar-refractivity contribution in [3.8, 4) is 11.3 Å². The molecule has 0 aliphatic carbocycles. The Morgan fingerprint density at radius 2 is 1.77 bits per heavy atom. The van der Waals surface area contributed by atoms with E-state index in [2.05, 4.69) is 20.5 Å². The number of amides is 1. The SMILES string of the molecule is Cc1nc2c(SCC(=O)Nc3c(C)cccc3C)nnc(-c3ccc(F)cc3)c2s1. The molecular weight excluding hydrogens is 419 g/mol. The summed E-state index contributed by atoms with van der Waals surface area (Å²) in [5.74, 6) is -0.211. The van der Waals surface area contributed by atoms with Gasteiger partial charge < -0.3 is 5.32 Å². The molecule has 0 unspecified atom stereocenters. The molecule has 0 saturated heterocycles. The molecule has 1 amide bonds. The molecule has 2 heterocycles. The van der Waals surface area contributed by atoms with Crippen LogP contribution in [0.2, 0.25) is 0 Å². The lowest BCUT2D eigenvalue weighted by atomic mass is 10.1. The Hall–Kier alpha value is -2.84. The summed E-state index contributed by atoms with van der Waals surface area (Å²) in [6.45, 7) is 5.86. The van der Waals surface area contributed by atoms with E-state index in [1.54, 1.807) is 12.1 Å². The topological polar surface area (TPSA) is 67.8 Å². The van der Waals surface area contributed by atoms with E-state index >= 15 is 0 Å². The Morgan fingerprint density at radius 3 is 2.47 bits per heavy atom. The van der Waals surface area contributed by atoms with Crippen LogP contribution < -0.4 is 5.32 Å². The standard InChI is InChI=1S/C22H19FN4OS2/c1-12-5-4-6-13(2)18(12)25-17(28)11-29-22-20-21(30-14(3)24-20)19(26-27-22)15-7-9-16(23)10-8-15/h4-10H,11H2,1-3H3,(H,25,28). The molecule has 0 saturated carbocycles. The van der Waals surface area contributed by atoms with Crippen LogP contribution in [0.5, 0.6) is 0 Å². The molecule has 2 aromatic heterocycles. The third-order valence-electron chi connectivity index (χ3n) is 4.60. The number of rotatable bonds is 5. The molecular formula is C22H19FN4OS2. The van der Waals surface area contributed by atoms with Gasteiger partial charge in [-0.25, -0.2) is 9.37 Å². The second-order valence-corrected chi connectivity index (χ2v) is 9.04. The van der Waals surface area contributed by atoms with Crippen LogP contribution in [0.4, 0.5) is 10.1 Å². The number of fused-ring (bicyclic) bond motifs is 1. The zero-order valence-electron chi connectivity index (χ0n) is 16.7. The normalized spacial score (nSPS) is 11.1. The Labute approximate surface area is 181 Å². The molecule has 0 aliphatic heterocycles. The number of para-hydroxylation sites is 1. The highest BCUT2D eigenvalue weighted by Gasteiger charge is 2.17. The number of carbonyl (C=O) groups is 1. The Morgan fingerprint density at radius 1 is 1.07 bits per heavy atom. The average molecular weight is 439 g/mol. The van der Waals surface area contributed by atoms with Gasteiger partial charge in [0.15, 0.2) is 0 Å². The van der Waals surface area contributed by atoms with E-state index < -0.39 is 0 Å². The fourth-order valence-corrected chi connectivity index (χ4v) is 4.85. The number of benzene rings is 2. The number of halogens is 1. The predicted molar refractivity (Wildman–Crippen MR) is 121 cm³/mol. The van der Waals surface area contributed by atoms with Crippen LogP contribution >= 0.6 is 23.1 Å². The summed E-state index contributed by atoms with van der Waals surface area (Å²) in [4.78, 5) is 17.1. The van der Waals surface area contributed by atoms with E-state index in [1.807, 2.05) is 39.0 Å². The van der Waals surface area contributed by atoms with Gasteiger partial charge in [-0.3, -0.25) is 4.79 Å². The van der Waals surface area contributed by atoms with Gasteiger partial charge in [0.05, 0.1) is 15.5 Å². The second kappa shape index (κ2) is 8.49. The van der Waals surface area contributed by atoms with Gasteiger partial charge in [0, 0.05) is 11.3 Å². The van der Waals surface area contributed by atoms with Crippen LogP contribution in [0.15, 0.2) is 47.5 Å². The smallest absolute Gasteiger partial charge is 0.234 e. The minimum atomic E-state index is -0.300. The summed E-state index contributed by atoms with van der Waals surface area (Å²) >= 11 is 2.82. The first-order valence-corrected chi connectivity index (χ1v) is 11.1. The van der Waals surface area contributed by atoms with Crippen molar-refractivity contribution in [2.24, 2.45) is 0 Å². The highest BCUT2D eigenvalue weighted by atomic mass is 32.2. The lowest BCUT2D eigenvalue weighted by Gasteiger charge is -2.11. The minimum Gasteiger partial charge on any atom is -0.325 e. The minimum absolute atomic E-state index is 0.109. The molecule has 4 rings (SSSR count). The molecule has 0 atom stereocenters. The molecule has 0 radical (unpaired) electrons. The van der Waals surface area contributed by atoms with Gasteiger partial charge in [-0.05, 0) is 56.2 Å². The summed E-state index contributed by atoms with van der Waals surface area (Å²) < 4.78 is 14.2. The lowest BCUT2D eigenvalue weighted by molar-refractivity contribution is -0.113. The largest absolute Gasteiger partial charge is 0.325 e. The van der Waals surface area contributed by atoms with Crippen molar-refractivity contribution in [3.63, 3.8) is 0 Å². The van der Waals surface area contributed by atoms with Crippen LogP contribution in [0.25, 0.3) is 21.5 Å². The number of hydrogen-bond acceptors (Lipinski definition) is 6. The van der Waals surface area contributed by atoms with Gasteiger partial charge in [0.2, 0.25) is 5.91 Å². The van der Waals surface area contributed by atoms with Crippen molar-refractivity contribution < 1.29 is 9.18 Å². The first kappa shape index (κ1) is 20.4. The number of aryl methyl sites for hydroxylation is 3. The van der Waals surface area contributed by atoms with Crippen LogP contribution in [0, 0.1) is 26.6 Å². The second-order valence-electron chi connectivity index (χ2n) is 6.87. The van der Waals surface area contributed by atoms with Gasteiger partial charge in [-0.2, -0.15) is 0 Å². The summed E-state index contributed by atoms with van der Waals surface area (Å²) in [7, 11) is 0. The van der Waals surface area contributed by atoms with Crippen molar-refractivity contribution in [2.75, 3.05) is 11.1 Å². The number of hydrogen-bond donors (Lipinski definition) is 1. The van der Waals surface area contributed by atoms with Crippen LogP contribution in [-0.2, 0) is 4.79 Å². The maximum Gasteiger partial charge on any atom is 0.234 e. The molecule has 8 heteroatoms. The average Bonchev–Trinajstić information content (AvgIpc) is 3.11. The van der Waals surface area contributed by atoms with Crippen molar-refractivity contribution in [1.29, 1.82) is 0 Å². The van der Waals surface area contributed by atoms with Gasteiger partial charge >= 0.3 is 0 Å². The van der Waals surface area contributed by atoms with E-state index in [-0.39, 0.29) is 17.5 Å². The Bertz CT molecular complexity index is 1220. The van der Waals surface area contributed by atoms with Crippen LogP contribution in [-0.4, -0.2) is 26.8 Å². The maximum atomic E-state index is 13.3. The maximum absolute atomic E-state index is 13.3. The quantitative estimate of drug-likeness (QED) is 0.414. The molecule has 0 bridgehead atoms. The number of nitrogens with zero attached hydrogens (tertiary/aromatic N) is 3. The third kappa shape index (κ3) is 4.20. The van der Waals surface area contributed by atoms with E-state index in [1.165, 1.54) is 35.2 Å². The predicted octanol–water partition coefficient (Wildman–Crippen LogP) is 5.55. The van der Waals surface area contributed by atoms with Crippen molar-refractivity contribution in [3.05, 3.63) is 64.4 Å². The molecule has 4 aromatic rings. The zero-order chi connectivity index (χ0) is 21.3. The highest BCUT2D eigenvalue weighted by molar-refractivity contribution is 8.00. The molecule has 30 heavy (non-hydrogen) atoms. The van der Waals surface area contributed by atoms with Crippen LogP contribution in [0.3, 0.4) is 0 Å². The fourth-order valence-electron chi connectivity index (χ4n) is 3.14. The van der Waals surface area contributed by atoms with Crippen LogP contribution in [0.1, 0.15) is 16.1 Å². The summed E-state index contributed by atoms with van der Waals surface area (Å²) in [6.07, 6.45) is 0. The van der Waals surface area contributed by atoms with Crippen molar-refractivity contribution in [2.45, 2.75) is 25.8 Å². The van der Waals surface area contributed by atoms with Gasteiger partial charge in [-0.15, -0.1) is 21.5 Å². The van der Waals surface area contributed by atoms with E-state index in [9.17, 15) is 9.18 Å². The molecule has 0 fully saturated rings. The van der Waals surface area contributed by atoms with Gasteiger partial charge in [-0.1, -0.05) is 30.0 Å². The monoisotopic (exact) mass is 438 g/mol. The van der Waals surface area contributed by atoms with Gasteiger partial charge in [0.25, 0.3) is 0 Å². The summed E-state index contributed by atoms with van der Waals surface area (Å²) in [6, 6.07) is 12.1. The Balaban J connectivity index is 1.57. The first-order chi connectivity index (χ1) is 14.4. The molecule has 5 nitrogen and oxygen atoms in total. The van der Waals surface area contributed by atoms with E-state index in [4.69, 9.17) is 0 Å². The molecule has 2 aromatic carbocycles. The fraction of sp³-hybridized carbons (Fsp3) is 0.182. The number of anilines is 1. The number of thiazole rings is 1. The summed E-state index contributed by atoms with van der Waals surface area (Å²) in [5, 5.41) is 13.1. The third-order valence-corrected chi connectivity index (χ3v) is 6.53. The van der Waals surface area contributed by atoms with E-state index in [0.717, 1.165) is 37.6 Å². The van der Waals surface area contributed by atoms with Crippen molar-refractivity contribution in [1.82, 2.24) is 15.2 Å². The van der Waals surface area contributed by atoms with E-state index in [0.29, 0.717) is 10.7 Å². The van der Waals surface area contributed by atoms with Gasteiger partial charge in [0.1, 0.15) is 22.1 Å². The molecule has 0 spiro atoms. The lowest BCUT2D eigenvalue weighted by Crippen LogP contribution is -2.16. The number of thioether (sulfide) groups is 1. The Kier molecular flexibility index (Phi) is 5.78. The number of nitrogens with one attached hydrogen (secondary N) is 1. The first-order valence-electron chi connectivity index (χ1n) is 9.31. The number of carbonyl (C=O) groups excluding carboxylic acids is 1. The zero-order valence-corrected chi connectivity index (χ0v) is 18.3. The molecule has 0 aliphatic rings. The summed E-state index contributed by atoms with van der Waals surface area (Å²) in [5.41, 5.74) is 5.05. The number of aromatic nitrogens is 3. The van der Waals surface area contributed by atoms with Crippen molar-refractivity contribution >= 4 is 44.9 Å².